The Labute approximate surface area is 120 Å². The molecule has 0 aliphatic heterocycles. The van der Waals surface area contributed by atoms with Crippen molar-refractivity contribution >= 4 is 17.0 Å². The van der Waals surface area contributed by atoms with Crippen molar-refractivity contribution in [1.82, 2.24) is 15.2 Å². The molecule has 0 aliphatic rings. The number of nitrogens with zero attached hydrogens (tertiary/aromatic N) is 2. The van der Waals surface area contributed by atoms with Crippen LogP contribution in [-0.4, -0.2) is 28.3 Å². The Hall–Kier alpha value is -2.89. The molecule has 0 unspecified atom stereocenters. The molecule has 2 heterocycles. The number of aromatic nitrogens is 3. The van der Waals surface area contributed by atoms with Crippen LogP contribution in [0, 0.1) is 6.92 Å². The number of pyridine rings is 1. The molecule has 1 N–H and O–H groups in total. The number of hydrogen-bond acceptors (Lipinski definition) is 5. The number of carbonyl (C=O) groups excluding carboxylic acids is 1. The van der Waals surface area contributed by atoms with E-state index in [2.05, 4.69) is 19.9 Å². The summed E-state index contributed by atoms with van der Waals surface area (Å²) in [5.41, 5.74) is 1.97. The molecule has 21 heavy (non-hydrogen) atoms. The summed E-state index contributed by atoms with van der Waals surface area (Å²) < 4.78 is 10.5. The number of fused-ring (bicyclic) bond motifs is 1. The van der Waals surface area contributed by atoms with Crippen LogP contribution in [0.25, 0.3) is 11.0 Å². The molecular formula is C15H13N3O3. The number of aryl methyl sites for hydroxylation is 1. The molecule has 0 atom stereocenters. The van der Waals surface area contributed by atoms with Crippen molar-refractivity contribution in [2.45, 2.75) is 6.92 Å². The molecule has 6 heteroatoms. The first-order valence-electron chi connectivity index (χ1n) is 6.35. The lowest BCUT2D eigenvalue weighted by atomic mass is 10.2. The summed E-state index contributed by atoms with van der Waals surface area (Å²) in [5, 5.41) is 7.81. The summed E-state index contributed by atoms with van der Waals surface area (Å²) in [5.74, 6) is 0.909. The van der Waals surface area contributed by atoms with Gasteiger partial charge in [0.05, 0.1) is 18.1 Å². The Morgan fingerprint density at radius 2 is 1.95 bits per heavy atom. The number of methoxy groups -OCH3 is 1. The molecule has 6 nitrogen and oxygen atoms in total. The van der Waals surface area contributed by atoms with Crippen LogP contribution in [0.1, 0.15) is 16.1 Å². The highest BCUT2D eigenvalue weighted by atomic mass is 16.5. The van der Waals surface area contributed by atoms with Gasteiger partial charge in [-0.1, -0.05) is 0 Å². The molecule has 3 aromatic rings. The Morgan fingerprint density at radius 1 is 1.19 bits per heavy atom. The van der Waals surface area contributed by atoms with Crippen molar-refractivity contribution in [3.05, 3.63) is 47.8 Å². The third-order valence-corrected chi connectivity index (χ3v) is 3.10. The molecule has 0 saturated heterocycles. The Balaban J connectivity index is 1.92. The number of nitrogens with one attached hydrogen (secondary N) is 1. The predicted molar refractivity (Wildman–Crippen MR) is 76.5 cm³/mol. The molecule has 106 valence electrons. The summed E-state index contributed by atoms with van der Waals surface area (Å²) in [6, 6.07) is 8.52. The van der Waals surface area contributed by atoms with Crippen molar-refractivity contribution in [1.29, 1.82) is 0 Å². The van der Waals surface area contributed by atoms with E-state index in [0.29, 0.717) is 22.7 Å². The second-order valence-electron chi connectivity index (χ2n) is 4.47. The zero-order valence-electron chi connectivity index (χ0n) is 11.6. The van der Waals surface area contributed by atoms with Crippen LogP contribution >= 0.6 is 0 Å². The minimum atomic E-state index is -0.376. The lowest BCUT2D eigenvalue weighted by Gasteiger charge is -2.07. The van der Waals surface area contributed by atoms with Gasteiger partial charge in [-0.3, -0.25) is 5.10 Å². The fourth-order valence-corrected chi connectivity index (χ4v) is 2.05. The van der Waals surface area contributed by atoms with Gasteiger partial charge in [0.25, 0.3) is 0 Å². The van der Waals surface area contributed by atoms with E-state index in [4.69, 9.17) is 4.74 Å². The standard InChI is InChI=1S/C15H13N3O3/c1-9-13-12(7-8-16-14(13)18-17-9)21-11-5-3-10(4-6-11)15(19)20-2/h3-8H,1-2H3,(H,16,17,18). The maximum absolute atomic E-state index is 11.4. The van der Waals surface area contributed by atoms with E-state index >= 15 is 0 Å². The van der Waals surface area contributed by atoms with Crippen molar-refractivity contribution in [3.8, 4) is 11.5 Å². The van der Waals surface area contributed by atoms with E-state index in [1.807, 2.05) is 6.92 Å². The van der Waals surface area contributed by atoms with Crippen LogP contribution < -0.4 is 4.74 Å². The first kappa shape index (κ1) is 13.1. The van der Waals surface area contributed by atoms with Crippen molar-refractivity contribution in [2.24, 2.45) is 0 Å². The predicted octanol–water partition coefficient (Wildman–Crippen LogP) is 2.85. The van der Waals surface area contributed by atoms with E-state index in [0.717, 1.165) is 11.1 Å². The van der Waals surface area contributed by atoms with Crippen molar-refractivity contribution in [2.75, 3.05) is 7.11 Å². The van der Waals surface area contributed by atoms with E-state index in [-0.39, 0.29) is 5.97 Å². The van der Waals surface area contributed by atoms with Gasteiger partial charge in [-0.2, -0.15) is 5.10 Å². The number of rotatable bonds is 3. The van der Waals surface area contributed by atoms with E-state index in [1.54, 1.807) is 36.5 Å². The molecule has 0 spiro atoms. The van der Waals surface area contributed by atoms with Gasteiger partial charge < -0.3 is 9.47 Å². The monoisotopic (exact) mass is 283 g/mol. The van der Waals surface area contributed by atoms with Crippen LogP contribution in [0.2, 0.25) is 0 Å². The average Bonchev–Trinajstić information content (AvgIpc) is 2.90. The van der Waals surface area contributed by atoms with Crippen LogP contribution in [-0.2, 0) is 4.74 Å². The minimum Gasteiger partial charge on any atom is -0.465 e. The molecule has 0 fully saturated rings. The maximum Gasteiger partial charge on any atom is 0.337 e. The summed E-state index contributed by atoms with van der Waals surface area (Å²) >= 11 is 0. The molecule has 0 aliphatic carbocycles. The number of ether oxygens (including phenoxy) is 2. The van der Waals surface area contributed by atoms with Crippen LogP contribution in [0.3, 0.4) is 0 Å². The average molecular weight is 283 g/mol. The summed E-state index contributed by atoms with van der Waals surface area (Å²) in [4.78, 5) is 15.6. The fourth-order valence-electron chi connectivity index (χ4n) is 2.05. The van der Waals surface area contributed by atoms with Crippen LogP contribution in [0.5, 0.6) is 11.5 Å². The second-order valence-corrected chi connectivity index (χ2v) is 4.47. The van der Waals surface area contributed by atoms with Gasteiger partial charge in [0.15, 0.2) is 5.65 Å². The van der Waals surface area contributed by atoms with Crippen LogP contribution in [0.4, 0.5) is 0 Å². The van der Waals surface area contributed by atoms with Crippen molar-refractivity contribution < 1.29 is 14.3 Å². The summed E-state index contributed by atoms with van der Waals surface area (Å²) in [6.07, 6.45) is 1.64. The van der Waals surface area contributed by atoms with Gasteiger partial charge in [0.1, 0.15) is 11.5 Å². The zero-order chi connectivity index (χ0) is 14.8. The van der Waals surface area contributed by atoms with Gasteiger partial charge in [0.2, 0.25) is 0 Å². The largest absolute Gasteiger partial charge is 0.465 e. The third-order valence-electron chi connectivity index (χ3n) is 3.10. The van der Waals surface area contributed by atoms with Gasteiger partial charge in [0, 0.05) is 11.9 Å². The molecule has 0 bridgehead atoms. The quantitative estimate of drug-likeness (QED) is 0.748. The highest BCUT2D eigenvalue weighted by molar-refractivity contribution is 5.89. The number of hydrogen-bond donors (Lipinski definition) is 1. The number of carbonyl (C=O) groups is 1. The van der Waals surface area contributed by atoms with Gasteiger partial charge >= 0.3 is 5.97 Å². The second kappa shape index (κ2) is 5.24. The normalized spacial score (nSPS) is 10.6. The SMILES string of the molecule is COC(=O)c1ccc(Oc2ccnc3n[nH]c(C)c23)cc1. The van der Waals surface area contributed by atoms with Crippen molar-refractivity contribution in [3.63, 3.8) is 0 Å². The first-order chi connectivity index (χ1) is 10.2. The smallest absolute Gasteiger partial charge is 0.337 e. The molecule has 0 radical (unpaired) electrons. The minimum absolute atomic E-state index is 0.376. The van der Waals surface area contributed by atoms with Gasteiger partial charge in [-0.05, 0) is 37.3 Å². The number of aromatic amines is 1. The molecule has 2 aromatic heterocycles. The Kier molecular flexibility index (Phi) is 3.27. The molecular weight excluding hydrogens is 270 g/mol. The Morgan fingerprint density at radius 3 is 2.67 bits per heavy atom. The third kappa shape index (κ3) is 2.43. The molecule has 3 rings (SSSR count). The number of esters is 1. The molecule has 1 aromatic carbocycles. The van der Waals surface area contributed by atoms with E-state index in [1.165, 1.54) is 7.11 Å². The molecule has 0 amide bonds. The fraction of sp³-hybridized carbons (Fsp3) is 0.133. The highest BCUT2D eigenvalue weighted by Gasteiger charge is 2.11. The highest BCUT2D eigenvalue weighted by Crippen LogP contribution is 2.29. The number of H-pyrrole nitrogens is 1. The summed E-state index contributed by atoms with van der Waals surface area (Å²) in [6.45, 7) is 1.91. The Bertz CT molecular complexity index is 794. The first-order valence-corrected chi connectivity index (χ1v) is 6.35. The summed E-state index contributed by atoms with van der Waals surface area (Å²) in [7, 11) is 1.35. The van der Waals surface area contributed by atoms with E-state index in [9.17, 15) is 4.79 Å². The zero-order valence-corrected chi connectivity index (χ0v) is 11.6. The van der Waals surface area contributed by atoms with Gasteiger partial charge in [-0.25, -0.2) is 9.78 Å². The lowest BCUT2D eigenvalue weighted by Crippen LogP contribution is -2.00. The number of benzene rings is 1. The maximum atomic E-state index is 11.4. The topological polar surface area (TPSA) is 77.1 Å². The van der Waals surface area contributed by atoms with E-state index < -0.39 is 0 Å². The van der Waals surface area contributed by atoms with Crippen LogP contribution in [0.15, 0.2) is 36.5 Å². The lowest BCUT2D eigenvalue weighted by molar-refractivity contribution is 0.0600. The van der Waals surface area contributed by atoms with Gasteiger partial charge in [-0.15, -0.1) is 0 Å². The molecule has 0 saturated carbocycles.